The molecule has 5 rings (SSSR count). The zero-order valence-corrected chi connectivity index (χ0v) is 18.5. The molecule has 33 heavy (non-hydrogen) atoms. The minimum Gasteiger partial charge on any atom is -0.454 e. The van der Waals surface area contributed by atoms with Gasteiger partial charge >= 0.3 is 0 Å². The Bertz CT molecular complexity index is 1210. The van der Waals surface area contributed by atoms with Crippen LogP contribution in [0.2, 0.25) is 0 Å². The highest BCUT2D eigenvalue weighted by molar-refractivity contribution is 5.99. The first-order valence-electron chi connectivity index (χ1n) is 11.0. The van der Waals surface area contributed by atoms with Gasteiger partial charge in [-0.15, -0.1) is 0 Å². The van der Waals surface area contributed by atoms with Gasteiger partial charge in [-0.3, -0.25) is 9.59 Å². The summed E-state index contributed by atoms with van der Waals surface area (Å²) in [6.07, 6.45) is -0.338. The van der Waals surface area contributed by atoms with Crippen molar-refractivity contribution in [3.63, 3.8) is 0 Å². The summed E-state index contributed by atoms with van der Waals surface area (Å²) in [5.74, 6) is 1.26. The SMILES string of the molecule is CC(C)NC(=O)c1ccc(NC2c3ccccc3C(=O)N2Cc2ccc3c(c2)OCO3)cc1. The molecule has 0 saturated heterocycles. The van der Waals surface area contributed by atoms with Crippen molar-refractivity contribution in [3.8, 4) is 11.5 Å². The van der Waals surface area contributed by atoms with E-state index in [1.807, 2.05) is 73.3 Å². The fourth-order valence-electron chi connectivity index (χ4n) is 4.15. The van der Waals surface area contributed by atoms with Gasteiger partial charge in [-0.05, 0) is 61.9 Å². The molecule has 2 aliphatic rings. The van der Waals surface area contributed by atoms with Crippen LogP contribution in [0, 0.1) is 0 Å². The predicted octanol–water partition coefficient (Wildman–Crippen LogP) is 4.32. The lowest BCUT2D eigenvalue weighted by Crippen LogP contribution is -2.32. The van der Waals surface area contributed by atoms with Crippen molar-refractivity contribution in [2.45, 2.75) is 32.6 Å². The summed E-state index contributed by atoms with van der Waals surface area (Å²) in [5, 5.41) is 6.37. The summed E-state index contributed by atoms with van der Waals surface area (Å²) in [7, 11) is 0. The first-order valence-corrected chi connectivity index (χ1v) is 11.0. The van der Waals surface area contributed by atoms with Gasteiger partial charge in [-0.2, -0.15) is 0 Å². The van der Waals surface area contributed by atoms with Gasteiger partial charge in [0.25, 0.3) is 11.8 Å². The lowest BCUT2D eigenvalue weighted by Gasteiger charge is -2.27. The van der Waals surface area contributed by atoms with Crippen LogP contribution >= 0.6 is 0 Å². The van der Waals surface area contributed by atoms with E-state index in [9.17, 15) is 9.59 Å². The first-order chi connectivity index (χ1) is 16.0. The van der Waals surface area contributed by atoms with E-state index in [0.717, 1.165) is 16.8 Å². The topological polar surface area (TPSA) is 79.9 Å². The number of ether oxygens (including phenoxy) is 2. The Balaban J connectivity index is 1.40. The molecular weight excluding hydrogens is 418 g/mol. The standard InChI is InChI=1S/C26H25N3O4/c1-16(2)27-25(30)18-8-10-19(11-9-18)28-24-20-5-3-4-6-21(20)26(31)29(24)14-17-7-12-22-23(13-17)33-15-32-22/h3-13,16,24,28H,14-15H2,1-2H3,(H,27,30). The van der Waals surface area contributed by atoms with E-state index in [-0.39, 0.29) is 30.8 Å². The molecule has 0 bridgehead atoms. The Hall–Kier alpha value is -4.00. The maximum atomic E-state index is 13.3. The highest BCUT2D eigenvalue weighted by Crippen LogP contribution is 2.37. The van der Waals surface area contributed by atoms with Gasteiger partial charge in [0.1, 0.15) is 6.17 Å². The average Bonchev–Trinajstić information content (AvgIpc) is 3.38. The second-order valence-electron chi connectivity index (χ2n) is 8.46. The Morgan fingerprint density at radius 2 is 1.79 bits per heavy atom. The maximum absolute atomic E-state index is 13.3. The number of nitrogens with one attached hydrogen (secondary N) is 2. The third-order valence-corrected chi connectivity index (χ3v) is 5.72. The van der Waals surface area contributed by atoms with Crippen molar-refractivity contribution < 1.29 is 19.1 Å². The zero-order valence-electron chi connectivity index (χ0n) is 18.5. The molecule has 7 nitrogen and oxygen atoms in total. The molecule has 1 unspecified atom stereocenters. The summed E-state index contributed by atoms with van der Waals surface area (Å²) in [6.45, 7) is 4.48. The fourth-order valence-corrected chi connectivity index (χ4v) is 4.15. The summed E-state index contributed by atoms with van der Waals surface area (Å²) in [5.41, 5.74) is 3.97. The van der Waals surface area contributed by atoms with E-state index >= 15 is 0 Å². The normalized spacial score (nSPS) is 16.2. The third-order valence-electron chi connectivity index (χ3n) is 5.72. The Morgan fingerprint density at radius 1 is 1.03 bits per heavy atom. The lowest BCUT2D eigenvalue weighted by atomic mass is 10.1. The number of amides is 2. The third kappa shape index (κ3) is 4.09. The zero-order chi connectivity index (χ0) is 22.9. The largest absolute Gasteiger partial charge is 0.454 e. The van der Waals surface area contributed by atoms with Crippen molar-refractivity contribution in [1.82, 2.24) is 10.2 Å². The molecule has 1 atom stereocenters. The van der Waals surface area contributed by atoms with Crippen molar-refractivity contribution in [2.24, 2.45) is 0 Å². The maximum Gasteiger partial charge on any atom is 0.256 e. The fraction of sp³-hybridized carbons (Fsp3) is 0.231. The van der Waals surface area contributed by atoms with Crippen molar-refractivity contribution >= 4 is 17.5 Å². The monoisotopic (exact) mass is 443 g/mol. The Labute approximate surface area is 192 Å². The van der Waals surface area contributed by atoms with Gasteiger partial charge in [0.15, 0.2) is 11.5 Å². The molecule has 7 heteroatoms. The van der Waals surface area contributed by atoms with E-state index in [0.29, 0.717) is 29.2 Å². The van der Waals surface area contributed by atoms with Crippen molar-refractivity contribution in [1.29, 1.82) is 0 Å². The van der Waals surface area contributed by atoms with E-state index in [1.165, 1.54) is 0 Å². The number of hydrogen-bond donors (Lipinski definition) is 2. The number of benzene rings is 3. The minimum atomic E-state index is -0.338. The average molecular weight is 444 g/mol. The van der Waals surface area contributed by atoms with E-state index in [2.05, 4.69) is 10.6 Å². The molecule has 2 heterocycles. The second kappa shape index (κ2) is 8.50. The molecular formula is C26H25N3O4. The molecule has 2 N–H and O–H groups in total. The molecule has 2 amide bonds. The molecule has 0 spiro atoms. The van der Waals surface area contributed by atoms with Gasteiger partial charge in [0, 0.05) is 35.0 Å². The number of carbonyl (C=O) groups is 2. The second-order valence-corrected chi connectivity index (χ2v) is 8.46. The van der Waals surface area contributed by atoms with Crippen molar-refractivity contribution in [3.05, 3.63) is 89.0 Å². The first kappa shape index (κ1) is 20.9. The number of hydrogen-bond acceptors (Lipinski definition) is 5. The molecule has 2 aliphatic heterocycles. The number of fused-ring (bicyclic) bond motifs is 2. The molecule has 0 aliphatic carbocycles. The minimum absolute atomic E-state index is 0.0336. The molecule has 3 aromatic carbocycles. The van der Waals surface area contributed by atoms with Crippen LogP contribution in [0.15, 0.2) is 66.7 Å². The molecule has 168 valence electrons. The van der Waals surface area contributed by atoms with Crippen LogP contribution in [-0.4, -0.2) is 29.5 Å². The summed E-state index contributed by atoms with van der Waals surface area (Å²) in [4.78, 5) is 27.3. The number of carbonyl (C=O) groups excluding carboxylic acids is 2. The van der Waals surface area contributed by atoms with Gasteiger partial charge in [0.2, 0.25) is 6.79 Å². The van der Waals surface area contributed by atoms with Crippen LogP contribution in [0.1, 0.15) is 51.9 Å². The quantitative estimate of drug-likeness (QED) is 0.593. The summed E-state index contributed by atoms with van der Waals surface area (Å²) >= 11 is 0. The van der Waals surface area contributed by atoms with Crippen LogP contribution in [-0.2, 0) is 6.54 Å². The number of rotatable bonds is 6. The van der Waals surface area contributed by atoms with Crippen LogP contribution in [0.4, 0.5) is 5.69 Å². The van der Waals surface area contributed by atoms with E-state index in [1.54, 1.807) is 12.1 Å². The van der Waals surface area contributed by atoms with E-state index < -0.39 is 0 Å². The smallest absolute Gasteiger partial charge is 0.256 e. The molecule has 0 fully saturated rings. The van der Waals surface area contributed by atoms with Crippen molar-refractivity contribution in [2.75, 3.05) is 12.1 Å². The highest BCUT2D eigenvalue weighted by atomic mass is 16.7. The number of nitrogens with zero attached hydrogens (tertiary/aromatic N) is 1. The predicted molar refractivity (Wildman–Crippen MR) is 124 cm³/mol. The molecule has 0 radical (unpaired) electrons. The Morgan fingerprint density at radius 3 is 2.58 bits per heavy atom. The molecule has 0 aromatic heterocycles. The lowest BCUT2D eigenvalue weighted by molar-refractivity contribution is 0.0728. The van der Waals surface area contributed by atoms with Gasteiger partial charge in [-0.25, -0.2) is 0 Å². The van der Waals surface area contributed by atoms with Gasteiger partial charge in [-0.1, -0.05) is 24.3 Å². The molecule has 3 aromatic rings. The van der Waals surface area contributed by atoms with Gasteiger partial charge in [0.05, 0.1) is 0 Å². The summed E-state index contributed by atoms with van der Waals surface area (Å²) < 4.78 is 10.9. The number of anilines is 1. The van der Waals surface area contributed by atoms with E-state index in [4.69, 9.17) is 9.47 Å². The summed E-state index contributed by atoms with van der Waals surface area (Å²) in [6, 6.07) is 20.7. The van der Waals surface area contributed by atoms with Crippen LogP contribution < -0.4 is 20.1 Å². The van der Waals surface area contributed by atoms with Gasteiger partial charge < -0.3 is 25.0 Å². The molecule has 0 saturated carbocycles. The Kier molecular flexibility index (Phi) is 5.38. The van der Waals surface area contributed by atoms with Crippen LogP contribution in [0.5, 0.6) is 11.5 Å². The highest BCUT2D eigenvalue weighted by Gasteiger charge is 2.36. The van der Waals surface area contributed by atoms with Crippen LogP contribution in [0.25, 0.3) is 0 Å². The van der Waals surface area contributed by atoms with Crippen LogP contribution in [0.3, 0.4) is 0 Å².